The molecule has 0 saturated heterocycles. The first-order valence-electron chi connectivity index (χ1n) is 15.2. The number of hydrogen-bond acceptors (Lipinski definition) is 3. The maximum absolute atomic E-state index is 12.6. The van der Waals surface area contributed by atoms with Crippen molar-refractivity contribution in [2.75, 3.05) is 4.90 Å². The molecule has 224 valence electrons. The Labute approximate surface area is 255 Å². The zero-order valence-corrected chi connectivity index (χ0v) is 25.1. The van der Waals surface area contributed by atoms with E-state index in [-0.39, 0.29) is 25.5 Å². The molecule has 0 aliphatic carbocycles. The average molecular weight is 566 g/mol. The van der Waals surface area contributed by atoms with E-state index in [4.69, 9.17) is 0 Å². The second kappa shape index (κ2) is 19.4. The van der Waals surface area contributed by atoms with E-state index in [1.807, 2.05) is 25.1 Å². The molecule has 3 nitrogen and oxygen atoms in total. The molecule has 0 aliphatic heterocycles. The quantitative estimate of drug-likeness (QED) is 0.165. The molecule has 4 aromatic rings. The molecule has 0 aliphatic rings. The molecule has 0 aromatic heterocycles. The van der Waals surface area contributed by atoms with Gasteiger partial charge in [0.1, 0.15) is 5.78 Å². The Balaban J connectivity index is 0.000000591. The van der Waals surface area contributed by atoms with Crippen LogP contribution < -0.4 is 4.90 Å². The van der Waals surface area contributed by atoms with Gasteiger partial charge in [-0.1, -0.05) is 138 Å². The summed E-state index contributed by atoms with van der Waals surface area (Å²) in [6.45, 7) is 7.97. The SMILES string of the molecule is C.CCCC(O)CC(=O)CC(CC)c1cccc(N(Cc2ccccc2)Cc2ccccc2)c1.CCc1ccccc1. The van der Waals surface area contributed by atoms with Crippen molar-refractivity contribution in [3.05, 3.63) is 138 Å². The van der Waals surface area contributed by atoms with Crippen molar-refractivity contribution in [2.45, 2.75) is 91.8 Å². The third-order valence-electron chi connectivity index (χ3n) is 7.44. The number of aryl methyl sites for hydroxylation is 1. The van der Waals surface area contributed by atoms with Gasteiger partial charge >= 0.3 is 0 Å². The molecule has 0 heterocycles. The maximum Gasteiger partial charge on any atom is 0.136 e. The lowest BCUT2D eigenvalue weighted by Crippen LogP contribution is -2.22. The second-order valence-corrected chi connectivity index (χ2v) is 10.8. The maximum atomic E-state index is 12.6. The summed E-state index contributed by atoms with van der Waals surface area (Å²) in [6.07, 6.45) is 3.85. The number of carbonyl (C=O) groups is 1. The first kappa shape index (κ1) is 34.5. The van der Waals surface area contributed by atoms with Crippen molar-refractivity contribution in [3.8, 4) is 0 Å². The highest BCUT2D eigenvalue weighted by atomic mass is 16.3. The van der Waals surface area contributed by atoms with Gasteiger partial charge in [-0.05, 0) is 59.6 Å². The van der Waals surface area contributed by atoms with Crippen molar-refractivity contribution in [3.63, 3.8) is 0 Å². The fourth-order valence-electron chi connectivity index (χ4n) is 5.09. The standard InChI is InChI=1S/C30H37NO2.C8H10.CH4/c1-3-12-29(32)21-30(33)20-26(4-2)27-17-11-18-28(19-27)31(22-24-13-7-5-8-14-24)23-25-15-9-6-10-16-25;1-2-8-6-4-3-5-7-8;/h5-11,13-19,26,29,32H,3-4,12,20-23H2,1-2H3;3-7H,2H2,1H3;1H4. The predicted molar refractivity (Wildman–Crippen MR) is 180 cm³/mol. The third-order valence-corrected chi connectivity index (χ3v) is 7.44. The molecule has 42 heavy (non-hydrogen) atoms. The van der Waals surface area contributed by atoms with E-state index in [1.165, 1.54) is 22.3 Å². The number of carbonyl (C=O) groups excluding carboxylic acids is 1. The van der Waals surface area contributed by atoms with Crippen LogP contribution in [0.4, 0.5) is 5.69 Å². The van der Waals surface area contributed by atoms with E-state index in [2.05, 4.69) is 116 Å². The molecule has 3 heteroatoms. The number of hydrogen-bond donors (Lipinski definition) is 1. The van der Waals surface area contributed by atoms with Crippen molar-refractivity contribution >= 4 is 11.5 Å². The third kappa shape index (κ3) is 12.0. The lowest BCUT2D eigenvalue weighted by molar-refractivity contribution is -0.121. The summed E-state index contributed by atoms with van der Waals surface area (Å²) < 4.78 is 0. The summed E-state index contributed by atoms with van der Waals surface area (Å²) in [5.74, 6) is 0.320. The summed E-state index contributed by atoms with van der Waals surface area (Å²) in [5, 5.41) is 10.0. The number of aliphatic hydroxyl groups is 1. The fourth-order valence-corrected chi connectivity index (χ4v) is 5.09. The van der Waals surface area contributed by atoms with Gasteiger partial charge in [0.25, 0.3) is 0 Å². The van der Waals surface area contributed by atoms with Gasteiger partial charge in [-0.2, -0.15) is 0 Å². The van der Waals surface area contributed by atoms with E-state index in [0.29, 0.717) is 12.8 Å². The topological polar surface area (TPSA) is 40.5 Å². The molecule has 4 rings (SSSR count). The lowest BCUT2D eigenvalue weighted by Gasteiger charge is -2.27. The molecule has 2 unspecified atom stereocenters. The molecule has 4 aromatic carbocycles. The molecule has 1 N–H and O–H groups in total. The molecule has 0 bridgehead atoms. The highest BCUT2D eigenvalue weighted by Gasteiger charge is 2.18. The summed E-state index contributed by atoms with van der Waals surface area (Å²) in [4.78, 5) is 15.0. The predicted octanol–water partition coefficient (Wildman–Crippen LogP) is 9.78. The molecule has 2 atom stereocenters. The first-order valence-corrected chi connectivity index (χ1v) is 15.2. The molecular formula is C39H51NO2. The van der Waals surface area contributed by atoms with E-state index in [1.54, 1.807) is 0 Å². The Kier molecular flexibility index (Phi) is 16.0. The molecule has 0 fully saturated rings. The van der Waals surface area contributed by atoms with Gasteiger partial charge in [-0.3, -0.25) is 4.79 Å². The minimum atomic E-state index is -0.515. The van der Waals surface area contributed by atoms with E-state index in [0.717, 1.165) is 38.0 Å². The number of Topliss-reactive ketones (excluding diaryl/α,β-unsaturated/α-hetero) is 1. The van der Waals surface area contributed by atoms with Crippen LogP contribution in [0.25, 0.3) is 0 Å². The van der Waals surface area contributed by atoms with E-state index in [9.17, 15) is 9.90 Å². The van der Waals surface area contributed by atoms with Crippen LogP contribution in [0.2, 0.25) is 0 Å². The largest absolute Gasteiger partial charge is 0.393 e. The van der Waals surface area contributed by atoms with Gasteiger partial charge in [-0.25, -0.2) is 0 Å². The number of benzene rings is 4. The van der Waals surface area contributed by atoms with Crippen LogP contribution in [0.15, 0.2) is 115 Å². The van der Waals surface area contributed by atoms with Crippen LogP contribution in [0.1, 0.15) is 88.5 Å². The van der Waals surface area contributed by atoms with Gasteiger partial charge < -0.3 is 10.0 Å². The van der Waals surface area contributed by atoms with Crippen LogP contribution in [0.5, 0.6) is 0 Å². The number of rotatable bonds is 14. The van der Waals surface area contributed by atoms with Gasteiger partial charge in [0.15, 0.2) is 0 Å². The Morgan fingerprint density at radius 2 is 1.21 bits per heavy atom. The minimum Gasteiger partial charge on any atom is -0.393 e. The van der Waals surface area contributed by atoms with Gasteiger partial charge in [0.05, 0.1) is 6.10 Å². The second-order valence-electron chi connectivity index (χ2n) is 10.8. The normalized spacial score (nSPS) is 11.8. The molecule has 0 spiro atoms. The number of ketones is 1. The molecule has 0 amide bonds. The average Bonchev–Trinajstić information content (AvgIpc) is 3.01. The van der Waals surface area contributed by atoms with Crippen LogP contribution in [0, 0.1) is 0 Å². The Hall–Kier alpha value is -3.69. The zero-order valence-electron chi connectivity index (χ0n) is 25.1. The van der Waals surface area contributed by atoms with Crippen LogP contribution >= 0.6 is 0 Å². The van der Waals surface area contributed by atoms with Crippen molar-refractivity contribution < 1.29 is 9.90 Å². The highest BCUT2D eigenvalue weighted by molar-refractivity contribution is 5.79. The van der Waals surface area contributed by atoms with Crippen molar-refractivity contribution in [2.24, 2.45) is 0 Å². The number of aliphatic hydroxyl groups excluding tert-OH is 1. The Morgan fingerprint density at radius 1 is 0.690 bits per heavy atom. The van der Waals surface area contributed by atoms with Crippen molar-refractivity contribution in [1.29, 1.82) is 0 Å². The molecular weight excluding hydrogens is 514 g/mol. The van der Waals surface area contributed by atoms with E-state index < -0.39 is 6.10 Å². The Morgan fingerprint density at radius 3 is 1.67 bits per heavy atom. The van der Waals surface area contributed by atoms with E-state index >= 15 is 0 Å². The number of nitrogens with zero attached hydrogens (tertiary/aromatic N) is 1. The minimum absolute atomic E-state index is 0. The first-order chi connectivity index (χ1) is 20.0. The monoisotopic (exact) mass is 565 g/mol. The van der Waals surface area contributed by atoms with Crippen LogP contribution in [-0.4, -0.2) is 17.0 Å². The highest BCUT2D eigenvalue weighted by Crippen LogP contribution is 2.29. The zero-order chi connectivity index (χ0) is 29.3. The summed E-state index contributed by atoms with van der Waals surface area (Å²) in [5.41, 5.74) is 6.31. The van der Waals surface area contributed by atoms with Gasteiger partial charge in [-0.15, -0.1) is 0 Å². The smallest absolute Gasteiger partial charge is 0.136 e. The molecule has 0 saturated carbocycles. The van der Waals surface area contributed by atoms with Gasteiger partial charge in [0, 0.05) is 31.6 Å². The van der Waals surface area contributed by atoms with Crippen LogP contribution in [0.3, 0.4) is 0 Å². The lowest BCUT2D eigenvalue weighted by atomic mass is 9.89. The summed E-state index contributed by atoms with van der Waals surface area (Å²) in [7, 11) is 0. The van der Waals surface area contributed by atoms with Crippen molar-refractivity contribution in [1.82, 2.24) is 0 Å². The molecule has 0 radical (unpaired) electrons. The van der Waals surface area contributed by atoms with Gasteiger partial charge in [0.2, 0.25) is 0 Å². The van der Waals surface area contributed by atoms with Crippen LogP contribution in [-0.2, 0) is 24.3 Å². The summed E-state index contributed by atoms with van der Waals surface area (Å²) >= 11 is 0. The number of anilines is 1. The summed E-state index contributed by atoms with van der Waals surface area (Å²) in [6, 6.07) is 40.2. The Bertz CT molecular complexity index is 1220. The fraction of sp³-hybridized carbons (Fsp3) is 0.359.